The maximum atomic E-state index is 2.50. The van der Waals surface area contributed by atoms with Crippen LogP contribution in [0.3, 0.4) is 0 Å². The molecule has 0 amide bonds. The molecule has 0 fully saturated rings. The van der Waals surface area contributed by atoms with Crippen molar-refractivity contribution in [2.45, 2.75) is 24.7 Å². The Bertz CT molecular complexity index is 7210. The van der Waals surface area contributed by atoms with Crippen LogP contribution in [0.4, 0.5) is 68.2 Å². The Balaban J connectivity index is 0.000000147. The zero-order chi connectivity index (χ0) is 82.0. The molecule has 20 aromatic rings. The van der Waals surface area contributed by atoms with Crippen LogP contribution in [0.5, 0.6) is 0 Å². The van der Waals surface area contributed by atoms with E-state index in [4.69, 9.17) is 0 Å². The quantitative estimate of drug-likeness (QED) is 0.0959. The lowest BCUT2D eigenvalue weighted by Gasteiger charge is -2.36. The molecule has 1 spiro atoms. The summed E-state index contributed by atoms with van der Waals surface area (Å²) in [6.45, 7) is 4.75. The van der Waals surface area contributed by atoms with E-state index in [2.05, 4.69) is 517 Å². The lowest BCUT2D eigenvalue weighted by Crippen LogP contribution is -2.26. The summed E-state index contributed by atoms with van der Waals surface area (Å²) < 4.78 is 2.39. The minimum absolute atomic E-state index is 0.236. The molecule has 0 unspecified atom stereocenters. The van der Waals surface area contributed by atoms with Crippen molar-refractivity contribution >= 4 is 90.1 Å². The molecule has 23 rings (SSSR count). The highest BCUT2D eigenvalue weighted by Gasteiger charge is 2.53. The number of para-hydroxylation sites is 7. The predicted octanol–water partition coefficient (Wildman–Crippen LogP) is 32.0. The van der Waals surface area contributed by atoms with Crippen LogP contribution < -0.4 is 19.6 Å². The van der Waals surface area contributed by atoms with Crippen LogP contribution in [0, 0.1) is 0 Å². The van der Waals surface area contributed by atoms with Crippen molar-refractivity contribution in [3.8, 4) is 72.4 Å². The second kappa shape index (κ2) is 30.8. The van der Waals surface area contributed by atoms with Gasteiger partial charge in [-0.2, -0.15) is 0 Å². The lowest BCUT2D eigenvalue weighted by molar-refractivity contribution is 0.661. The number of hydrogen-bond donors (Lipinski definition) is 0. The van der Waals surface area contributed by atoms with E-state index in [1.165, 1.54) is 116 Å². The molecule has 5 nitrogen and oxygen atoms in total. The first-order valence-corrected chi connectivity index (χ1v) is 42.5. The lowest BCUT2D eigenvalue weighted by atomic mass is 9.70. The van der Waals surface area contributed by atoms with E-state index in [1.54, 1.807) is 0 Å². The fraction of sp³-hybridized carbons (Fsp3) is 0.0339. The number of benzene rings is 19. The summed E-state index contributed by atoms with van der Waals surface area (Å²) in [4.78, 5) is 9.81. The SMILES string of the molecule is CC1(C)c2ccccc2-c2cc(N(c3ccccc3)c3cccc(-c4ccc5c6ccccc6n(-c6ccccc6)c5c4)c3)cc(N(c3ccccc3)c3ccccc3)c21.c1ccc(-c2ccc(N(c3ccccc3)c3ccc4c(c3N(c3ccccc3)c3ccc(-c5ccccc5)cc3)-c3ccccc3C43c4ccccc4-c4ccccc43)cc2)cc1. The third-order valence-electron chi connectivity index (χ3n) is 25.4. The monoisotopic (exact) mass is 1570 g/mol. The second-order valence-electron chi connectivity index (χ2n) is 32.6. The Labute approximate surface area is 719 Å². The number of rotatable bonds is 16. The standard InChI is InChI=1S/C61H42N2.C57H43N3/c1-5-19-43(20-6-1)45-33-37-49(38-34-45)62(47-23-9-3-10-24-47)58-42-41-57-59(53-29-15-18-32-56(53)61(57)54-30-16-13-27-51(54)52-28-14-17-31-55(52)61)60(58)63(48-25-11-4-12-26-48)50-39-35-46(36-40-50)44-21-7-2-8-22-44;1-57(2)52-32-17-15-30-48(52)51-38-47(39-55(56(51)57)59(43-23-9-4-10-24-43)44-25-11-5-12-26-44)58(42-21-7-3-8-22-42)46-29-19-20-40(36-46)41-34-35-50-49-31-16-18-33-53(49)60(54(50)37-41)45-27-13-6-14-28-45/h1-42H;3-39H,1-2H3. The number of nitrogens with zero attached hydrogens (tertiary/aromatic N) is 5. The molecule has 0 saturated carbocycles. The molecule has 0 atom stereocenters. The van der Waals surface area contributed by atoms with Gasteiger partial charge in [0.15, 0.2) is 0 Å². The van der Waals surface area contributed by atoms with Gasteiger partial charge in [0.05, 0.1) is 33.5 Å². The van der Waals surface area contributed by atoms with Gasteiger partial charge in [0.1, 0.15) is 0 Å². The average Bonchev–Trinajstić information content (AvgIpc) is 1.50. The summed E-state index contributed by atoms with van der Waals surface area (Å²) in [5.74, 6) is 0. The first-order chi connectivity index (χ1) is 60.8. The Kier molecular flexibility index (Phi) is 18.4. The largest absolute Gasteiger partial charge is 0.310 e. The van der Waals surface area contributed by atoms with Crippen LogP contribution in [0.2, 0.25) is 0 Å². The maximum absolute atomic E-state index is 2.50. The Morgan fingerprint density at radius 2 is 0.569 bits per heavy atom. The van der Waals surface area contributed by atoms with Crippen molar-refractivity contribution in [2.24, 2.45) is 0 Å². The highest BCUT2D eigenvalue weighted by Crippen LogP contribution is 2.67. The van der Waals surface area contributed by atoms with Gasteiger partial charge in [0.25, 0.3) is 0 Å². The van der Waals surface area contributed by atoms with Gasteiger partial charge in [0, 0.05) is 78.6 Å². The fourth-order valence-corrected chi connectivity index (χ4v) is 20.0. The first kappa shape index (κ1) is 73.5. The Morgan fingerprint density at radius 3 is 1.11 bits per heavy atom. The van der Waals surface area contributed by atoms with Crippen molar-refractivity contribution in [1.29, 1.82) is 0 Å². The number of aromatic nitrogens is 1. The molecule has 582 valence electrons. The minimum Gasteiger partial charge on any atom is -0.310 e. The number of fused-ring (bicyclic) bond motifs is 16. The molecular formula is C118H85N5. The normalized spacial score (nSPS) is 12.6. The average molecular weight is 1570 g/mol. The molecule has 0 N–H and O–H groups in total. The van der Waals surface area contributed by atoms with E-state index in [9.17, 15) is 0 Å². The molecular weight excluding hydrogens is 1490 g/mol. The molecule has 0 aliphatic heterocycles. The van der Waals surface area contributed by atoms with E-state index in [0.717, 1.165) is 79.5 Å². The molecule has 0 saturated heterocycles. The molecule has 0 radical (unpaired) electrons. The van der Waals surface area contributed by atoms with E-state index in [1.807, 2.05) is 0 Å². The second-order valence-corrected chi connectivity index (χ2v) is 32.6. The predicted molar refractivity (Wildman–Crippen MR) is 516 cm³/mol. The summed E-state index contributed by atoms with van der Waals surface area (Å²) in [6, 6.07) is 175. The molecule has 123 heavy (non-hydrogen) atoms. The summed E-state index contributed by atoms with van der Waals surface area (Å²) in [6.07, 6.45) is 0. The highest BCUT2D eigenvalue weighted by atomic mass is 15.2. The fourth-order valence-electron chi connectivity index (χ4n) is 20.0. The van der Waals surface area contributed by atoms with Crippen molar-refractivity contribution < 1.29 is 0 Å². The topological polar surface area (TPSA) is 17.9 Å². The van der Waals surface area contributed by atoms with Gasteiger partial charge in [-0.1, -0.05) is 354 Å². The van der Waals surface area contributed by atoms with E-state index < -0.39 is 5.41 Å². The minimum atomic E-state index is -0.513. The van der Waals surface area contributed by atoms with Crippen LogP contribution >= 0.6 is 0 Å². The number of hydrogen-bond acceptors (Lipinski definition) is 4. The third-order valence-corrected chi connectivity index (χ3v) is 25.4. The Hall–Kier alpha value is -15.8. The van der Waals surface area contributed by atoms with E-state index in [0.29, 0.717) is 0 Å². The van der Waals surface area contributed by atoms with Crippen molar-refractivity contribution in [1.82, 2.24) is 4.57 Å². The maximum Gasteiger partial charge on any atom is 0.0784 e. The van der Waals surface area contributed by atoms with Crippen LogP contribution in [-0.2, 0) is 10.8 Å². The molecule has 0 bridgehead atoms. The van der Waals surface area contributed by atoms with Gasteiger partial charge < -0.3 is 24.2 Å². The highest BCUT2D eigenvalue weighted by molar-refractivity contribution is 6.11. The Morgan fingerprint density at radius 1 is 0.203 bits per heavy atom. The van der Waals surface area contributed by atoms with Crippen LogP contribution in [0.25, 0.3) is 94.3 Å². The first-order valence-electron chi connectivity index (χ1n) is 42.5. The summed E-state index contributed by atoms with van der Waals surface area (Å²) in [7, 11) is 0. The van der Waals surface area contributed by atoms with Crippen LogP contribution in [-0.4, -0.2) is 4.57 Å². The van der Waals surface area contributed by atoms with Crippen LogP contribution in [0.1, 0.15) is 47.2 Å². The zero-order valence-electron chi connectivity index (χ0n) is 68.3. The summed E-state index contributed by atoms with van der Waals surface area (Å²) in [5.41, 5.74) is 38.6. The van der Waals surface area contributed by atoms with Gasteiger partial charge in [-0.3, -0.25) is 0 Å². The third kappa shape index (κ3) is 12.5. The molecule has 1 heterocycles. The zero-order valence-corrected chi connectivity index (χ0v) is 68.3. The van der Waals surface area contributed by atoms with Crippen molar-refractivity contribution in [3.63, 3.8) is 0 Å². The van der Waals surface area contributed by atoms with Gasteiger partial charge >= 0.3 is 0 Å². The van der Waals surface area contributed by atoms with Gasteiger partial charge in [0.2, 0.25) is 0 Å². The van der Waals surface area contributed by atoms with Crippen LogP contribution in [0.15, 0.2) is 479 Å². The van der Waals surface area contributed by atoms with E-state index in [-0.39, 0.29) is 5.41 Å². The van der Waals surface area contributed by atoms with Crippen molar-refractivity contribution in [2.75, 3.05) is 19.6 Å². The van der Waals surface area contributed by atoms with Crippen molar-refractivity contribution in [3.05, 3.63) is 513 Å². The smallest absolute Gasteiger partial charge is 0.0784 e. The number of anilines is 12. The van der Waals surface area contributed by atoms with E-state index >= 15 is 0 Å². The summed E-state index contributed by atoms with van der Waals surface area (Å²) in [5, 5.41) is 2.50. The van der Waals surface area contributed by atoms with Gasteiger partial charge in [-0.25, -0.2) is 0 Å². The van der Waals surface area contributed by atoms with Gasteiger partial charge in [-0.15, -0.1) is 0 Å². The van der Waals surface area contributed by atoms with Gasteiger partial charge in [-0.05, 0) is 234 Å². The molecule has 1 aromatic heterocycles. The molecule has 3 aliphatic rings. The summed E-state index contributed by atoms with van der Waals surface area (Å²) >= 11 is 0. The molecule has 5 heteroatoms. The molecule has 19 aromatic carbocycles. The molecule has 3 aliphatic carbocycles.